The number of para-hydroxylation sites is 1. The molecule has 0 saturated carbocycles. The molecule has 2 aliphatic heterocycles. The van der Waals surface area contributed by atoms with Crippen molar-refractivity contribution in [1.82, 2.24) is 4.90 Å². The molecule has 1 fully saturated rings. The number of fused-ring (bicyclic) bond motifs is 1. The zero-order chi connectivity index (χ0) is 18.1. The van der Waals surface area contributed by atoms with Gasteiger partial charge in [-0.1, -0.05) is 18.2 Å². The van der Waals surface area contributed by atoms with Crippen LogP contribution in [0.2, 0.25) is 0 Å². The van der Waals surface area contributed by atoms with E-state index in [0.717, 1.165) is 37.3 Å². The lowest BCUT2D eigenvalue weighted by Gasteiger charge is -2.22. The minimum absolute atomic E-state index is 0.0579. The molecule has 0 bridgehead atoms. The van der Waals surface area contributed by atoms with Gasteiger partial charge in [-0.25, -0.2) is 0 Å². The van der Waals surface area contributed by atoms with Crippen LogP contribution in [0.25, 0.3) is 0 Å². The van der Waals surface area contributed by atoms with Crippen molar-refractivity contribution in [2.45, 2.75) is 19.1 Å². The van der Waals surface area contributed by atoms with Crippen LogP contribution in [-0.2, 0) is 4.74 Å². The van der Waals surface area contributed by atoms with Gasteiger partial charge in [-0.05, 0) is 37.1 Å². The van der Waals surface area contributed by atoms with Gasteiger partial charge < -0.3 is 24.4 Å². The Balaban J connectivity index is 1.64. The summed E-state index contributed by atoms with van der Waals surface area (Å²) in [7, 11) is 1.46. The number of aliphatic hydroxyl groups is 1. The fraction of sp³-hybridized carbons (Fsp3) is 0.350. The largest absolute Gasteiger partial charge is 0.471 e. The highest BCUT2D eigenvalue weighted by atomic mass is 16.6. The zero-order valence-corrected chi connectivity index (χ0v) is 14.7. The van der Waals surface area contributed by atoms with E-state index in [1.54, 1.807) is 0 Å². The number of nitrogens with zero attached hydrogens (tertiary/aromatic N) is 2. The summed E-state index contributed by atoms with van der Waals surface area (Å²) in [6, 6.07) is 13.1. The average molecular weight is 354 g/mol. The molecule has 2 aromatic rings. The second kappa shape index (κ2) is 6.97. The summed E-state index contributed by atoms with van der Waals surface area (Å²) in [5, 5.41) is 10.1. The molecule has 0 radical (unpaired) electrons. The van der Waals surface area contributed by atoms with Crippen LogP contribution in [0.15, 0.2) is 42.5 Å². The van der Waals surface area contributed by atoms with Gasteiger partial charge in [-0.2, -0.15) is 0 Å². The fourth-order valence-corrected chi connectivity index (χ4v) is 3.56. The van der Waals surface area contributed by atoms with E-state index in [-0.39, 0.29) is 5.91 Å². The van der Waals surface area contributed by atoms with Crippen molar-refractivity contribution in [3.63, 3.8) is 0 Å². The number of methoxy groups -OCH3 is 1. The van der Waals surface area contributed by atoms with Gasteiger partial charge in [0.1, 0.15) is 5.75 Å². The second-order valence-electron chi connectivity index (χ2n) is 6.53. The van der Waals surface area contributed by atoms with Crippen LogP contribution >= 0.6 is 0 Å². The number of hydrogen-bond acceptors (Lipinski definition) is 5. The normalized spacial score (nSPS) is 17.2. The maximum atomic E-state index is 12.6. The first-order valence-corrected chi connectivity index (χ1v) is 8.82. The summed E-state index contributed by atoms with van der Waals surface area (Å²) >= 11 is 0. The van der Waals surface area contributed by atoms with Gasteiger partial charge in [0.05, 0.1) is 11.4 Å². The van der Waals surface area contributed by atoms with Crippen molar-refractivity contribution in [1.29, 1.82) is 0 Å². The third-order valence-corrected chi connectivity index (χ3v) is 4.96. The summed E-state index contributed by atoms with van der Waals surface area (Å²) in [4.78, 5) is 16.4. The molecule has 0 aromatic heterocycles. The van der Waals surface area contributed by atoms with Gasteiger partial charge in [0, 0.05) is 31.3 Å². The highest BCUT2D eigenvalue weighted by molar-refractivity contribution is 5.96. The Bertz CT molecular complexity index is 817. The molecular formula is C20H22N2O4. The highest BCUT2D eigenvalue weighted by Gasteiger charge is 2.27. The third-order valence-electron chi connectivity index (χ3n) is 4.96. The van der Waals surface area contributed by atoms with Gasteiger partial charge in [-0.3, -0.25) is 4.79 Å². The fourth-order valence-electron chi connectivity index (χ4n) is 3.56. The summed E-state index contributed by atoms with van der Waals surface area (Å²) in [5.74, 6) is 0.735. The van der Waals surface area contributed by atoms with Gasteiger partial charge in [0.25, 0.3) is 5.91 Å². The van der Waals surface area contributed by atoms with E-state index < -0.39 is 6.29 Å². The number of carbonyl (C=O) groups is 1. The van der Waals surface area contributed by atoms with E-state index in [1.807, 2.05) is 52.3 Å². The first-order chi connectivity index (χ1) is 12.7. The Labute approximate surface area is 152 Å². The van der Waals surface area contributed by atoms with Gasteiger partial charge in [-0.15, -0.1) is 0 Å². The van der Waals surface area contributed by atoms with Crippen LogP contribution in [0.1, 0.15) is 35.1 Å². The number of rotatable bonds is 4. The van der Waals surface area contributed by atoms with Crippen molar-refractivity contribution in [3.05, 3.63) is 53.6 Å². The van der Waals surface area contributed by atoms with E-state index in [1.165, 1.54) is 7.11 Å². The number of hydrogen-bond donors (Lipinski definition) is 1. The van der Waals surface area contributed by atoms with Crippen LogP contribution in [0.4, 0.5) is 11.4 Å². The molecule has 1 atom stereocenters. The first-order valence-electron chi connectivity index (χ1n) is 8.82. The van der Waals surface area contributed by atoms with Crippen molar-refractivity contribution < 1.29 is 19.4 Å². The van der Waals surface area contributed by atoms with Crippen LogP contribution in [0, 0.1) is 0 Å². The predicted octanol–water partition coefficient (Wildman–Crippen LogP) is 3.05. The number of amides is 1. The van der Waals surface area contributed by atoms with Crippen molar-refractivity contribution in [2.24, 2.45) is 0 Å². The molecule has 1 unspecified atom stereocenters. The van der Waals surface area contributed by atoms with Crippen LogP contribution in [0.5, 0.6) is 5.75 Å². The Morgan fingerprint density at radius 1 is 1.15 bits per heavy atom. The van der Waals surface area contributed by atoms with Gasteiger partial charge in [0.2, 0.25) is 0 Å². The van der Waals surface area contributed by atoms with Crippen molar-refractivity contribution >= 4 is 17.3 Å². The van der Waals surface area contributed by atoms with E-state index >= 15 is 0 Å². The second-order valence-corrected chi connectivity index (χ2v) is 6.53. The van der Waals surface area contributed by atoms with E-state index in [0.29, 0.717) is 23.6 Å². The Morgan fingerprint density at radius 2 is 1.92 bits per heavy atom. The van der Waals surface area contributed by atoms with Crippen molar-refractivity contribution in [2.75, 3.05) is 31.8 Å². The Hall–Kier alpha value is -2.57. The standard InChI is InChI=1S/C20H22N2O4/c1-25-20(24)15-6-2-3-7-16(15)22-13-26-18-12-14(8-9-17(18)22)19(23)21-10-4-5-11-21/h2-3,6-9,12,20,24H,4-5,10-11,13H2,1H3. The van der Waals surface area contributed by atoms with Gasteiger partial charge >= 0.3 is 0 Å². The summed E-state index contributed by atoms with van der Waals surface area (Å²) in [6.45, 7) is 1.97. The lowest BCUT2D eigenvalue weighted by Crippen LogP contribution is -2.27. The zero-order valence-electron chi connectivity index (χ0n) is 14.7. The molecule has 2 aromatic carbocycles. The summed E-state index contributed by atoms with van der Waals surface area (Å²) in [5.41, 5.74) is 3.01. The van der Waals surface area contributed by atoms with Gasteiger partial charge in [0.15, 0.2) is 13.0 Å². The molecule has 6 nitrogen and oxygen atoms in total. The lowest BCUT2D eigenvalue weighted by atomic mass is 10.1. The number of ether oxygens (including phenoxy) is 2. The third kappa shape index (κ3) is 2.91. The molecule has 4 rings (SSSR count). The minimum atomic E-state index is -1.01. The lowest BCUT2D eigenvalue weighted by molar-refractivity contribution is -0.0765. The smallest absolute Gasteiger partial charge is 0.253 e. The maximum Gasteiger partial charge on any atom is 0.253 e. The average Bonchev–Trinajstić information content (AvgIpc) is 3.36. The molecule has 6 heteroatoms. The quantitative estimate of drug-likeness (QED) is 0.855. The number of carbonyl (C=O) groups excluding carboxylic acids is 1. The molecular weight excluding hydrogens is 332 g/mol. The number of likely N-dealkylation sites (tertiary alicyclic amines) is 1. The number of anilines is 2. The molecule has 1 saturated heterocycles. The van der Waals surface area contributed by atoms with Crippen LogP contribution in [-0.4, -0.2) is 42.8 Å². The number of benzene rings is 2. The Kier molecular flexibility index (Phi) is 4.53. The Morgan fingerprint density at radius 3 is 2.69 bits per heavy atom. The summed E-state index contributed by atoms with van der Waals surface area (Å²) in [6.07, 6.45) is 1.13. The topological polar surface area (TPSA) is 62.2 Å². The van der Waals surface area contributed by atoms with E-state index in [2.05, 4.69) is 0 Å². The van der Waals surface area contributed by atoms with E-state index in [4.69, 9.17) is 9.47 Å². The molecule has 1 amide bonds. The van der Waals surface area contributed by atoms with E-state index in [9.17, 15) is 9.90 Å². The van der Waals surface area contributed by atoms with Crippen molar-refractivity contribution in [3.8, 4) is 5.75 Å². The molecule has 136 valence electrons. The van der Waals surface area contributed by atoms with Crippen LogP contribution < -0.4 is 9.64 Å². The number of aliphatic hydroxyl groups excluding tert-OH is 1. The molecule has 0 aliphatic carbocycles. The summed E-state index contributed by atoms with van der Waals surface area (Å²) < 4.78 is 10.9. The molecule has 0 spiro atoms. The maximum absolute atomic E-state index is 12.6. The SMILES string of the molecule is COC(O)c1ccccc1N1COc2cc(C(=O)N3CCCC3)ccc21. The molecule has 2 heterocycles. The predicted molar refractivity (Wildman–Crippen MR) is 97.6 cm³/mol. The highest BCUT2D eigenvalue weighted by Crippen LogP contribution is 2.42. The first kappa shape index (κ1) is 16.9. The molecule has 26 heavy (non-hydrogen) atoms. The minimum Gasteiger partial charge on any atom is -0.471 e. The molecule has 2 aliphatic rings. The molecule has 1 N–H and O–H groups in total. The monoisotopic (exact) mass is 354 g/mol. The van der Waals surface area contributed by atoms with Crippen LogP contribution in [0.3, 0.4) is 0 Å².